The number of hydrogen-bond donors (Lipinski definition) is 1. The summed E-state index contributed by atoms with van der Waals surface area (Å²) in [7, 11) is 1.95. The van der Waals surface area contributed by atoms with E-state index in [-0.39, 0.29) is 17.7 Å². The number of thiophene rings is 1. The fraction of sp³-hybridized carbons (Fsp3) is 0.636. The lowest BCUT2D eigenvalue weighted by Gasteiger charge is -2.37. The molecule has 0 spiro atoms. The van der Waals surface area contributed by atoms with Gasteiger partial charge in [0.15, 0.2) is 0 Å². The van der Waals surface area contributed by atoms with Crippen molar-refractivity contribution in [2.75, 3.05) is 13.1 Å². The summed E-state index contributed by atoms with van der Waals surface area (Å²) in [6.45, 7) is 5.88. The van der Waals surface area contributed by atoms with Gasteiger partial charge >= 0.3 is 0 Å². The maximum atomic E-state index is 13.0. The average molecular weight is 402 g/mol. The van der Waals surface area contributed by atoms with E-state index in [1.165, 1.54) is 12.8 Å². The van der Waals surface area contributed by atoms with Gasteiger partial charge in [-0.2, -0.15) is 0 Å². The molecule has 2 aromatic rings. The minimum Gasteiger partial charge on any atom is -0.353 e. The Morgan fingerprint density at radius 2 is 1.89 bits per heavy atom. The second-order valence-corrected chi connectivity index (χ2v) is 9.66. The summed E-state index contributed by atoms with van der Waals surface area (Å²) in [4.78, 5) is 27.7. The fourth-order valence-corrected chi connectivity index (χ4v) is 5.70. The summed E-state index contributed by atoms with van der Waals surface area (Å²) >= 11 is 1.66. The third-order valence-electron chi connectivity index (χ3n) is 7.07. The van der Waals surface area contributed by atoms with E-state index in [1.807, 2.05) is 22.6 Å². The lowest BCUT2D eigenvalue weighted by Crippen LogP contribution is -2.48. The van der Waals surface area contributed by atoms with Crippen LogP contribution in [-0.4, -0.2) is 40.4 Å². The molecular weight excluding hydrogens is 370 g/mol. The number of hydrogen-bond acceptors (Lipinski definition) is 3. The molecule has 4 rings (SSSR count). The molecule has 28 heavy (non-hydrogen) atoms. The van der Waals surface area contributed by atoms with E-state index in [2.05, 4.69) is 30.6 Å². The first-order valence-corrected chi connectivity index (χ1v) is 11.5. The molecule has 0 bridgehead atoms. The van der Waals surface area contributed by atoms with Gasteiger partial charge in [-0.15, -0.1) is 11.3 Å². The SMILES string of the molecule is C[C@@H]1[C@H](C)CCC[C@H]1NC(=O)C1CCN(C(=O)c2cc3sccc3n2C)CC1. The molecule has 2 aliphatic rings. The van der Waals surface area contributed by atoms with E-state index >= 15 is 0 Å². The van der Waals surface area contributed by atoms with Gasteiger partial charge in [-0.3, -0.25) is 9.59 Å². The summed E-state index contributed by atoms with van der Waals surface area (Å²) in [6.07, 6.45) is 5.08. The molecule has 6 heteroatoms. The van der Waals surface area contributed by atoms with Crippen LogP contribution in [0.1, 0.15) is 56.4 Å². The smallest absolute Gasteiger partial charge is 0.270 e. The van der Waals surface area contributed by atoms with Gasteiger partial charge in [-0.25, -0.2) is 0 Å². The zero-order chi connectivity index (χ0) is 19.8. The quantitative estimate of drug-likeness (QED) is 0.844. The summed E-state index contributed by atoms with van der Waals surface area (Å²) in [5.41, 5.74) is 1.85. The van der Waals surface area contributed by atoms with Crippen molar-refractivity contribution in [1.29, 1.82) is 0 Å². The van der Waals surface area contributed by atoms with Gasteiger partial charge in [0.1, 0.15) is 5.69 Å². The Hall–Kier alpha value is -1.82. The third-order valence-corrected chi connectivity index (χ3v) is 7.92. The number of piperidine rings is 1. The Balaban J connectivity index is 1.34. The molecule has 1 N–H and O–H groups in total. The first kappa shape index (κ1) is 19.5. The molecule has 152 valence electrons. The number of carbonyl (C=O) groups is 2. The highest BCUT2D eigenvalue weighted by molar-refractivity contribution is 7.17. The second kappa shape index (κ2) is 7.90. The molecule has 2 amide bonds. The number of nitrogens with one attached hydrogen (secondary N) is 1. The van der Waals surface area contributed by atoms with Gasteiger partial charge in [-0.1, -0.05) is 26.7 Å². The Labute approximate surface area is 171 Å². The third kappa shape index (κ3) is 3.59. The molecule has 3 atom stereocenters. The Morgan fingerprint density at radius 1 is 1.14 bits per heavy atom. The fourth-order valence-electron chi connectivity index (χ4n) is 4.85. The number of aryl methyl sites for hydroxylation is 1. The van der Waals surface area contributed by atoms with Crippen LogP contribution in [0.25, 0.3) is 10.2 Å². The molecule has 2 aromatic heterocycles. The van der Waals surface area contributed by atoms with Crippen LogP contribution >= 0.6 is 11.3 Å². The van der Waals surface area contributed by atoms with Gasteiger partial charge in [0.2, 0.25) is 5.91 Å². The monoisotopic (exact) mass is 401 g/mol. The van der Waals surface area contributed by atoms with Crippen molar-refractivity contribution >= 4 is 33.4 Å². The van der Waals surface area contributed by atoms with Gasteiger partial charge in [0, 0.05) is 32.1 Å². The van der Waals surface area contributed by atoms with Crippen molar-refractivity contribution < 1.29 is 9.59 Å². The molecule has 3 heterocycles. The highest BCUT2D eigenvalue weighted by Crippen LogP contribution is 2.30. The number of rotatable bonds is 3. The standard InChI is InChI=1S/C22H31N3O2S/c1-14-5-4-6-17(15(14)2)23-21(26)16-7-10-25(11-8-16)22(27)19-13-20-18(24(19)3)9-12-28-20/h9,12-17H,4-8,10-11H2,1-3H3,(H,23,26)/t14-,15-,17-/m1/s1. The van der Waals surface area contributed by atoms with E-state index in [0.29, 0.717) is 31.0 Å². The van der Waals surface area contributed by atoms with Crippen molar-refractivity contribution in [3.8, 4) is 0 Å². The van der Waals surface area contributed by atoms with Gasteiger partial charge < -0.3 is 14.8 Å². The van der Waals surface area contributed by atoms with Crippen molar-refractivity contribution in [2.24, 2.45) is 24.8 Å². The van der Waals surface area contributed by atoms with Crippen LogP contribution in [0.3, 0.4) is 0 Å². The normalized spacial score (nSPS) is 26.5. The number of amides is 2. The lowest BCUT2D eigenvalue weighted by atomic mass is 9.78. The maximum absolute atomic E-state index is 13.0. The van der Waals surface area contributed by atoms with Crippen molar-refractivity contribution in [3.63, 3.8) is 0 Å². The summed E-state index contributed by atoms with van der Waals surface area (Å²) in [5.74, 6) is 1.53. The number of likely N-dealkylation sites (tertiary alicyclic amines) is 1. The predicted molar refractivity (Wildman–Crippen MR) is 114 cm³/mol. The van der Waals surface area contributed by atoms with Crippen LogP contribution in [0.5, 0.6) is 0 Å². The lowest BCUT2D eigenvalue weighted by molar-refractivity contribution is -0.127. The van der Waals surface area contributed by atoms with E-state index in [1.54, 1.807) is 11.3 Å². The predicted octanol–water partition coefficient (Wildman–Crippen LogP) is 4.03. The summed E-state index contributed by atoms with van der Waals surface area (Å²) in [6, 6.07) is 4.36. The highest BCUT2D eigenvalue weighted by Gasteiger charge is 2.33. The topological polar surface area (TPSA) is 54.3 Å². The minimum absolute atomic E-state index is 0.0328. The van der Waals surface area contributed by atoms with Crippen molar-refractivity contribution in [1.82, 2.24) is 14.8 Å². The summed E-state index contributed by atoms with van der Waals surface area (Å²) < 4.78 is 3.13. The molecule has 0 aromatic carbocycles. The molecule has 1 aliphatic carbocycles. The number of aromatic nitrogens is 1. The second-order valence-electron chi connectivity index (χ2n) is 8.71. The van der Waals surface area contributed by atoms with Crippen LogP contribution in [0.15, 0.2) is 17.5 Å². The molecule has 5 nitrogen and oxygen atoms in total. The van der Waals surface area contributed by atoms with Crippen molar-refractivity contribution in [2.45, 2.75) is 52.0 Å². The molecule has 1 aliphatic heterocycles. The van der Waals surface area contributed by atoms with E-state index in [4.69, 9.17) is 0 Å². The molecular formula is C22H31N3O2S. The van der Waals surface area contributed by atoms with Crippen LogP contribution in [0.4, 0.5) is 0 Å². The molecule has 2 fully saturated rings. The molecule has 0 radical (unpaired) electrons. The number of fused-ring (bicyclic) bond motifs is 1. The van der Waals surface area contributed by atoms with Crippen LogP contribution in [-0.2, 0) is 11.8 Å². The first-order valence-electron chi connectivity index (χ1n) is 10.6. The van der Waals surface area contributed by atoms with E-state index < -0.39 is 0 Å². The Morgan fingerprint density at radius 3 is 2.61 bits per heavy atom. The van der Waals surface area contributed by atoms with Crippen LogP contribution < -0.4 is 5.32 Å². The zero-order valence-corrected chi connectivity index (χ0v) is 17.9. The van der Waals surface area contributed by atoms with Gasteiger partial charge in [-0.05, 0) is 48.6 Å². The number of nitrogens with zero attached hydrogens (tertiary/aromatic N) is 2. The number of carbonyl (C=O) groups excluding carboxylic acids is 2. The van der Waals surface area contributed by atoms with E-state index in [0.717, 1.165) is 35.2 Å². The van der Waals surface area contributed by atoms with Gasteiger partial charge in [0.05, 0.1) is 10.2 Å². The van der Waals surface area contributed by atoms with Crippen molar-refractivity contribution in [3.05, 3.63) is 23.2 Å². The highest BCUT2D eigenvalue weighted by atomic mass is 32.1. The Kier molecular flexibility index (Phi) is 5.50. The average Bonchev–Trinajstić information content (AvgIpc) is 3.28. The Bertz CT molecular complexity index is 862. The van der Waals surface area contributed by atoms with Crippen LogP contribution in [0, 0.1) is 17.8 Å². The maximum Gasteiger partial charge on any atom is 0.270 e. The van der Waals surface area contributed by atoms with Crippen LogP contribution in [0.2, 0.25) is 0 Å². The molecule has 1 saturated heterocycles. The zero-order valence-electron chi connectivity index (χ0n) is 17.1. The first-order chi connectivity index (χ1) is 13.5. The molecule has 1 saturated carbocycles. The summed E-state index contributed by atoms with van der Waals surface area (Å²) in [5, 5.41) is 5.38. The largest absolute Gasteiger partial charge is 0.353 e. The minimum atomic E-state index is 0.0328. The van der Waals surface area contributed by atoms with Gasteiger partial charge in [0.25, 0.3) is 5.91 Å². The van der Waals surface area contributed by atoms with E-state index in [9.17, 15) is 9.59 Å². The molecule has 0 unspecified atom stereocenters.